The van der Waals surface area contributed by atoms with E-state index in [2.05, 4.69) is 10.6 Å². The Morgan fingerprint density at radius 3 is 2.21 bits per heavy atom. The number of hydrogen-bond donors (Lipinski definition) is 2. The van der Waals surface area contributed by atoms with E-state index >= 15 is 0 Å². The van der Waals surface area contributed by atoms with Crippen molar-refractivity contribution in [2.45, 2.75) is 6.04 Å². The van der Waals surface area contributed by atoms with Crippen molar-refractivity contribution in [1.29, 1.82) is 0 Å². The van der Waals surface area contributed by atoms with Crippen molar-refractivity contribution in [2.75, 3.05) is 20.6 Å². The summed E-state index contributed by atoms with van der Waals surface area (Å²) < 4.78 is 13.2. The summed E-state index contributed by atoms with van der Waals surface area (Å²) in [5.41, 5.74) is 1.83. The molecule has 0 saturated heterocycles. The van der Waals surface area contributed by atoms with E-state index in [1.807, 2.05) is 30.3 Å². The molecular weight excluding hydrogens is 309 g/mol. The number of nitrogens with one attached hydrogen (secondary N) is 2. The summed E-state index contributed by atoms with van der Waals surface area (Å²) in [5, 5.41) is 4.57. The van der Waals surface area contributed by atoms with Crippen molar-refractivity contribution in [2.24, 2.45) is 0 Å². The van der Waals surface area contributed by atoms with E-state index in [1.54, 1.807) is 24.1 Å². The summed E-state index contributed by atoms with van der Waals surface area (Å²) in [6.07, 6.45) is 0. The van der Waals surface area contributed by atoms with Crippen LogP contribution in [0.5, 0.6) is 0 Å². The zero-order valence-corrected chi connectivity index (χ0v) is 13.6. The molecule has 5 nitrogen and oxygen atoms in total. The van der Waals surface area contributed by atoms with Gasteiger partial charge in [-0.2, -0.15) is 0 Å². The van der Waals surface area contributed by atoms with E-state index in [4.69, 9.17) is 0 Å². The van der Waals surface area contributed by atoms with Crippen LogP contribution in [0.4, 0.5) is 9.18 Å². The SMILES string of the molecule is CNC(=O)NC(=O)CN(C)C(c1ccccc1)c1ccc(F)cc1. The first-order valence-corrected chi connectivity index (χ1v) is 7.53. The van der Waals surface area contributed by atoms with Gasteiger partial charge in [0.2, 0.25) is 5.91 Å². The van der Waals surface area contributed by atoms with E-state index in [0.717, 1.165) is 11.1 Å². The summed E-state index contributed by atoms with van der Waals surface area (Å²) >= 11 is 0. The molecule has 0 bridgehead atoms. The molecule has 0 aromatic heterocycles. The van der Waals surface area contributed by atoms with Gasteiger partial charge in [0.1, 0.15) is 5.82 Å². The Morgan fingerprint density at radius 1 is 1.04 bits per heavy atom. The summed E-state index contributed by atoms with van der Waals surface area (Å²) in [6, 6.07) is 15.0. The lowest BCUT2D eigenvalue weighted by Crippen LogP contribution is -2.43. The number of urea groups is 1. The molecule has 24 heavy (non-hydrogen) atoms. The van der Waals surface area contributed by atoms with Crippen LogP contribution in [0.3, 0.4) is 0 Å². The third-order valence-corrected chi connectivity index (χ3v) is 3.61. The molecule has 6 heteroatoms. The van der Waals surface area contributed by atoms with Crippen molar-refractivity contribution in [3.05, 3.63) is 71.5 Å². The van der Waals surface area contributed by atoms with Gasteiger partial charge in [-0.25, -0.2) is 9.18 Å². The minimum absolute atomic E-state index is 0.0182. The van der Waals surface area contributed by atoms with Crippen LogP contribution in [0.2, 0.25) is 0 Å². The van der Waals surface area contributed by atoms with Gasteiger partial charge in [0, 0.05) is 7.05 Å². The Hall–Kier alpha value is -2.73. The molecule has 0 radical (unpaired) electrons. The molecule has 3 amide bonds. The number of carbonyl (C=O) groups is 2. The van der Waals surface area contributed by atoms with Crippen LogP contribution in [-0.4, -0.2) is 37.5 Å². The summed E-state index contributed by atoms with van der Waals surface area (Å²) in [5.74, 6) is -0.731. The molecule has 0 aliphatic carbocycles. The molecule has 1 unspecified atom stereocenters. The molecule has 0 aliphatic heterocycles. The maximum atomic E-state index is 13.2. The lowest BCUT2D eigenvalue weighted by Gasteiger charge is -2.28. The van der Waals surface area contributed by atoms with Crippen LogP contribution in [0.15, 0.2) is 54.6 Å². The monoisotopic (exact) mass is 329 g/mol. The summed E-state index contributed by atoms with van der Waals surface area (Å²) in [7, 11) is 3.22. The van der Waals surface area contributed by atoms with Crippen molar-refractivity contribution in [1.82, 2.24) is 15.5 Å². The highest BCUT2D eigenvalue weighted by molar-refractivity contribution is 5.95. The van der Waals surface area contributed by atoms with Gasteiger partial charge in [0.05, 0.1) is 12.6 Å². The molecule has 1 atom stereocenters. The quantitative estimate of drug-likeness (QED) is 0.885. The first-order chi connectivity index (χ1) is 11.5. The average molecular weight is 329 g/mol. The first-order valence-electron chi connectivity index (χ1n) is 7.53. The Morgan fingerprint density at radius 2 is 1.62 bits per heavy atom. The second-order valence-electron chi connectivity index (χ2n) is 5.41. The van der Waals surface area contributed by atoms with Crippen molar-refractivity contribution >= 4 is 11.9 Å². The van der Waals surface area contributed by atoms with Crippen LogP contribution in [0.25, 0.3) is 0 Å². The molecule has 2 aromatic carbocycles. The zero-order chi connectivity index (χ0) is 17.5. The predicted octanol–water partition coefficient (Wildman–Crippen LogP) is 2.30. The second kappa shape index (κ2) is 8.21. The highest BCUT2D eigenvalue weighted by atomic mass is 19.1. The zero-order valence-electron chi connectivity index (χ0n) is 13.6. The van der Waals surface area contributed by atoms with Gasteiger partial charge in [0.25, 0.3) is 0 Å². The number of likely N-dealkylation sites (N-methyl/N-ethyl adjacent to an activating group) is 1. The van der Waals surface area contributed by atoms with Crippen molar-refractivity contribution in [3.8, 4) is 0 Å². The van der Waals surface area contributed by atoms with Crippen LogP contribution in [0, 0.1) is 5.82 Å². The third-order valence-electron chi connectivity index (χ3n) is 3.61. The maximum Gasteiger partial charge on any atom is 0.321 e. The van der Waals surface area contributed by atoms with Crippen molar-refractivity contribution < 1.29 is 14.0 Å². The number of nitrogens with zero attached hydrogens (tertiary/aromatic N) is 1. The number of halogens is 1. The van der Waals surface area contributed by atoms with E-state index in [9.17, 15) is 14.0 Å². The van der Waals surface area contributed by atoms with E-state index in [-0.39, 0.29) is 18.4 Å². The largest absolute Gasteiger partial charge is 0.341 e. The molecule has 2 aromatic rings. The van der Waals surface area contributed by atoms with E-state index in [0.29, 0.717) is 0 Å². The number of benzene rings is 2. The summed E-state index contributed by atoms with van der Waals surface area (Å²) in [4.78, 5) is 25.0. The van der Waals surface area contributed by atoms with Gasteiger partial charge in [0.15, 0.2) is 0 Å². The minimum atomic E-state index is -0.550. The smallest absolute Gasteiger partial charge is 0.321 e. The van der Waals surface area contributed by atoms with Gasteiger partial charge in [-0.05, 0) is 30.3 Å². The fourth-order valence-corrected chi connectivity index (χ4v) is 2.53. The van der Waals surface area contributed by atoms with E-state index in [1.165, 1.54) is 19.2 Å². The lowest BCUT2D eigenvalue weighted by atomic mass is 9.97. The highest BCUT2D eigenvalue weighted by Crippen LogP contribution is 2.27. The van der Waals surface area contributed by atoms with Crippen LogP contribution in [0.1, 0.15) is 17.2 Å². The van der Waals surface area contributed by atoms with Gasteiger partial charge >= 0.3 is 6.03 Å². The Labute approximate surface area is 140 Å². The molecule has 0 saturated carbocycles. The molecule has 0 spiro atoms. The summed E-state index contributed by atoms with van der Waals surface area (Å²) in [6.45, 7) is 0.0182. The predicted molar refractivity (Wildman–Crippen MR) is 89.9 cm³/mol. The number of rotatable bonds is 5. The first kappa shape index (κ1) is 17.6. The van der Waals surface area contributed by atoms with Crippen LogP contribution < -0.4 is 10.6 Å². The molecule has 2 rings (SSSR count). The van der Waals surface area contributed by atoms with Crippen LogP contribution >= 0.6 is 0 Å². The Balaban J connectivity index is 2.24. The molecular formula is C18H20FN3O2. The maximum absolute atomic E-state index is 13.2. The number of imide groups is 1. The van der Waals surface area contributed by atoms with Crippen molar-refractivity contribution in [3.63, 3.8) is 0 Å². The number of amides is 3. The van der Waals surface area contributed by atoms with Gasteiger partial charge in [-0.1, -0.05) is 42.5 Å². The third kappa shape index (κ3) is 4.63. The topological polar surface area (TPSA) is 61.4 Å². The van der Waals surface area contributed by atoms with Gasteiger partial charge in [-0.15, -0.1) is 0 Å². The van der Waals surface area contributed by atoms with Gasteiger partial charge in [-0.3, -0.25) is 15.0 Å². The number of hydrogen-bond acceptors (Lipinski definition) is 3. The molecule has 0 heterocycles. The number of carbonyl (C=O) groups excluding carboxylic acids is 2. The lowest BCUT2D eigenvalue weighted by molar-refractivity contribution is -0.121. The van der Waals surface area contributed by atoms with Crippen LogP contribution in [-0.2, 0) is 4.79 Å². The molecule has 0 aliphatic rings. The fourth-order valence-electron chi connectivity index (χ4n) is 2.53. The Kier molecular flexibility index (Phi) is 6.03. The normalized spacial score (nSPS) is 11.8. The second-order valence-corrected chi connectivity index (χ2v) is 5.41. The average Bonchev–Trinajstić information content (AvgIpc) is 2.57. The highest BCUT2D eigenvalue weighted by Gasteiger charge is 2.21. The standard InChI is InChI=1S/C18H20FN3O2/c1-20-18(24)21-16(23)12-22(2)17(13-6-4-3-5-7-13)14-8-10-15(19)11-9-14/h3-11,17H,12H2,1-2H3,(H2,20,21,23,24). The molecule has 2 N–H and O–H groups in total. The van der Waals surface area contributed by atoms with Gasteiger partial charge < -0.3 is 5.32 Å². The fraction of sp³-hybridized carbons (Fsp3) is 0.222. The molecule has 126 valence electrons. The minimum Gasteiger partial charge on any atom is -0.341 e. The Bertz CT molecular complexity index is 689. The molecule has 0 fully saturated rings. The van der Waals surface area contributed by atoms with E-state index < -0.39 is 11.9 Å².